The van der Waals surface area contributed by atoms with Gasteiger partial charge in [-0.1, -0.05) is 117 Å². The van der Waals surface area contributed by atoms with Crippen molar-refractivity contribution < 1.29 is 4.74 Å². The summed E-state index contributed by atoms with van der Waals surface area (Å²) in [6.07, 6.45) is 4.00. The van der Waals surface area contributed by atoms with E-state index in [2.05, 4.69) is 219 Å². The summed E-state index contributed by atoms with van der Waals surface area (Å²) in [6.45, 7) is 27.4. The van der Waals surface area contributed by atoms with Crippen LogP contribution in [0.15, 0.2) is 134 Å². The predicted molar refractivity (Wildman–Crippen MR) is 250 cm³/mol. The second-order valence-electron chi connectivity index (χ2n) is 20.2. The Morgan fingerprint density at radius 1 is 0.533 bits per heavy atom. The smallest absolute Gasteiger partial charge is 0.225 e. The number of imidazole rings is 1. The number of quaternary nitrogens is 2. The van der Waals surface area contributed by atoms with Crippen LogP contribution in [0.5, 0.6) is 11.5 Å². The van der Waals surface area contributed by atoms with Gasteiger partial charge < -0.3 is 4.74 Å². The molecule has 4 heterocycles. The Labute approximate surface area is 355 Å². The molecule has 6 aromatic carbocycles. The SMILES string of the molecule is Cc1cc(C(C)(C)C)cc(C)c1-n1ccnc1-n1c2ccccc2c2ccc(Oc3cc(C(C)(C)C)cc([N+]45[CH-][N@+]4(c4cccc(C(C)(C)C)c4)c4ccccc45)c3)cc21. The highest BCUT2D eigenvalue weighted by atomic mass is 16.5. The number of para-hydroxylation sites is 3. The number of rotatable bonds is 6. The number of hydrogen-bond donors (Lipinski definition) is 0. The lowest BCUT2D eigenvalue weighted by molar-refractivity contribution is 0.421. The van der Waals surface area contributed by atoms with Gasteiger partial charge in [0.1, 0.15) is 11.5 Å². The molecule has 10 rings (SSSR count). The van der Waals surface area contributed by atoms with Gasteiger partial charge in [-0.25, -0.2) is 4.98 Å². The van der Waals surface area contributed by atoms with Crippen LogP contribution in [-0.4, -0.2) is 14.1 Å². The molecular weight excluding hydrogens is 735 g/mol. The largest absolute Gasteiger partial charge is 0.457 e. The maximum absolute atomic E-state index is 7.03. The highest BCUT2D eigenvalue weighted by molar-refractivity contribution is 6.09. The minimum atomic E-state index is -0.108. The second-order valence-corrected chi connectivity index (χ2v) is 20.2. The van der Waals surface area contributed by atoms with Gasteiger partial charge in [0.05, 0.1) is 16.7 Å². The van der Waals surface area contributed by atoms with Gasteiger partial charge in [-0.2, -0.15) is 9.18 Å². The quantitative estimate of drug-likeness (QED) is 0.0954. The minimum Gasteiger partial charge on any atom is -0.457 e. The normalized spacial score (nSPS) is 18.6. The van der Waals surface area contributed by atoms with E-state index < -0.39 is 0 Å². The number of nitrogens with zero attached hydrogens (tertiary/aromatic N) is 5. The van der Waals surface area contributed by atoms with E-state index in [9.17, 15) is 0 Å². The van der Waals surface area contributed by atoms with E-state index in [-0.39, 0.29) is 16.2 Å². The first-order chi connectivity index (χ1) is 28.4. The van der Waals surface area contributed by atoms with Gasteiger partial charge in [0.15, 0.2) is 18.0 Å². The first-order valence-electron chi connectivity index (χ1n) is 21.3. The van der Waals surface area contributed by atoms with Gasteiger partial charge in [0.25, 0.3) is 0 Å². The molecule has 6 nitrogen and oxygen atoms in total. The van der Waals surface area contributed by atoms with Gasteiger partial charge in [-0.15, -0.1) is 0 Å². The van der Waals surface area contributed by atoms with E-state index in [1.807, 2.05) is 6.20 Å². The lowest BCUT2D eigenvalue weighted by Gasteiger charge is -2.40. The van der Waals surface area contributed by atoms with Crippen LogP contribution in [0.3, 0.4) is 0 Å². The van der Waals surface area contributed by atoms with Crippen molar-refractivity contribution >= 4 is 44.6 Å². The van der Waals surface area contributed by atoms with Gasteiger partial charge in [0, 0.05) is 65.6 Å². The van der Waals surface area contributed by atoms with Crippen LogP contribution < -0.4 is 13.9 Å². The second kappa shape index (κ2) is 12.8. The summed E-state index contributed by atoms with van der Waals surface area (Å²) in [7, 11) is 0. The third kappa shape index (κ3) is 5.57. The van der Waals surface area contributed by atoms with Crippen LogP contribution in [0.2, 0.25) is 0 Å². The van der Waals surface area contributed by atoms with Gasteiger partial charge in [-0.3, -0.25) is 9.13 Å². The molecule has 0 aliphatic carbocycles. The summed E-state index contributed by atoms with van der Waals surface area (Å²) < 4.78 is 12.8. The Kier molecular flexibility index (Phi) is 8.15. The zero-order valence-corrected chi connectivity index (χ0v) is 36.9. The maximum atomic E-state index is 7.03. The Balaban J connectivity index is 1.10. The fourth-order valence-electron chi connectivity index (χ4n) is 9.68. The summed E-state index contributed by atoms with van der Waals surface area (Å²) in [5.74, 6) is 2.45. The molecular formula is C54H56N5O+. The molecule has 1 saturated heterocycles. The van der Waals surface area contributed by atoms with E-state index in [4.69, 9.17) is 9.72 Å². The van der Waals surface area contributed by atoms with Crippen molar-refractivity contribution in [2.75, 3.05) is 0 Å². The lowest BCUT2D eigenvalue weighted by Crippen LogP contribution is -2.46. The summed E-state index contributed by atoms with van der Waals surface area (Å²) in [5.41, 5.74) is 14.7. The van der Waals surface area contributed by atoms with E-state index in [1.165, 1.54) is 56.0 Å². The fourth-order valence-corrected chi connectivity index (χ4v) is 9.68. The number of hydrogen-bond acceptors (Lipinski definition) is 2. The van der Waals surface area contributed by atoms with Crippen LogP contribution in [0.25, 0.3) is 33.4 Å². The number of fused-ring (bicyclic) bond motifs is 7. The topological polar surface area (TPSA) is 32.0 Å². The molecule has 1 unspecified atom stereocenters. The third-order valence-electron chi connectivity index (χ3n) is 13.0. The van der Waals surface area contributed by atoms with Gasteiger partial charge in [0.2, 0.25) is 17.3 Å². The van der Waals surface area contributed by atoms with E-state index >= 15 is 0 Å². The Morgan fingerprint density at radius 3 is 1.82 bits per heavy atom. The Bertz CT molecular complexity index is 3010. The van der Waals surface area contributed by atoms with Gasteiger partial charge in [-0.05, 0) is 82.2 Å². The maximum Gasteiger partial charge on any atom is 0.225 e. The highest BCUT2D eigenvalue weighted by Gasteiger charge is 2.78. The molecule has 2 aliphatic heterocycles. The van der Waals surface area contributed by atoms with Crippen molar-refractivity contribution in [2.45, 2.75) is 92.4 Å². The van der Waals surface area contributed by atoms with Crippen LogP contribution in [0, 0.1) is 20.5 Å². The third-order valence-corrected chi connectivity index (χ3v) is 13.0. The highest BCUT2D eigenvalue weighted by Crippen LogP contribution is 2.75. The monoisotopic (exact) mass is 790 g/mol. The molecule has 302 valence electrons. The molecule has 6 heteroatoms. The fraction of sp³-hybridized carbons (Fsp3) is 0.259. The van der Waals surface area contributed by atoms with E-state index in [0.29, 0.717) is 9.18 Å². The van der Waals surface area contributed by atoms with Crippen LogP contribution in [0.1, 0.15) is 90.1 Å². The zero-order valence-electron chi connectivity index (χ0n) is 36.9. The van der Waals surface area contributed by atoms with Crippen molar-refractivity contribution in [3.8, 4) is 23.1 Å². The Morgan fingerprint density at radius 2 is 1.13 bits per heavy atom. The number of benzene rings is 6. The molecule has 0 bridgehead atoms. The molecule has 60 heavy (non-hydrogen) atoms. The molecule has 2 aromatic heterocycles. The molecule has 2 atom stereocenters. The molecule has 0 radical (unpaired) electrons. The first kappa shape index (κ1) is 38.3. The van der Waals surface area contributed by atoms with Crippen molar-refractivity contribution in [2.24, 2.45) is 0 Å². The molecule has 0 saturated carbocycles. The average molecular weight is 791 g/mol. The van der Waals surface area contributed by atoms with Crippen LogP contribution in [-0.2, 0) is 16.2 Å². The molecule has 1 fully saturated rings. The van der Waals surface area contributed by atoms with Crippen molar-refractivity contribution in [3.05, 3.63) is 168 Å². The number of aromatic nitrogens is 3. The van der Waals surface area contributed by atoms with Crippen LogP contribution in [0.4, 0.5) is 22.7 Å². The van der Waals surface area contributed by atoms with Crippen molar-refractivity contribution in [1.82, 2.24) is 23.3 Å². The number of ether oxygens (including phenoxy) is 1. The van der Waals surface area contributed by atoms with E-state index in [1.54, 1.807) is 0 Å². The zero-order chi connectivity index (χ0) is 42.1. The molecule has 0 amide bonds. The summed E-state index contributed by atoms with van der Waals surface area (Å²) in [5, 5.41) is 2.33. The van der Waals surface area contributed by atoms with Crippen molar-refractivity contribution in [3.63, 3.8) is 0 Å². The van der Waals surface area contributed by atoms with Crippen molar-refractivity contribution in [1.29, 1.82) is 0 Å². The number of aryl methyl sites for hydroxylation is 2. The molecule has 2 aliphatic rings. The summed E-state index contributed by atoms with van der Waals surface area (Å²) >= 11 is 0. The first-order valence-corrected chi connectivity index (χ1v) is 21.3. The molecule has 8 aromatic rings. The molecule has 0 N–H and O–H groups in total. The molecule has 0 spiro atoms. The lowest BCUT2D eigenvalue weighted by atomic mass is 9.85. The average Bonchev–Trinajstić information content (AvgIpc) is 3.37. The predicted octanol–water partition coefficient (Wildman–Crippen LogP) is 14.6. The Hall–Kier alpha value is -5.95. The summed E-state index contributed by atoms with van der Waals surface area (Å²) in [6, 6.07) is 44.7. The minimum absolute atomic E-state index is 0.0408. The standard InChI is InChI=1S/C54H56N5O/c1-35-27-38(53(6,7)8)28-36(2)50(35)56-26-25-55-51(56)57-46-20-13-12-19-44(46)45-24-23-42(33-47(45)57)60-43-31-39(54(9,10)11)30-41(32-43)59-34-58(59,48-21-14-15-22-49(48)59)40-18-16-17-37(29-40)52(3,4)5/h12-34H,1-11H3/q+1/t58-,59?/m0/s1. The van der Waals surface area contributed by atoms with Crippen LogP contribution >= 0.6 is 0 Å². The summed E-state index contributed by atoms with van der Waals surface area (Å²) in [4.78, 5) is 5.05. The van der Waals surface area contributed by atoms with E-state index in [0.717, 1.165) is 39.6 Å². The van der Waals surface area contributed by atoms with Gasteiger partial charge >= 0.3 is 0 Å².